The Balaban J connectivity index is 2.51. The average molecular weight is 198 g/mol. The Bertz CT molecular complexity index is 168. The van der Waals surface area contributed by atoms with E-state index >= 15 is 0 Å². The monoisotopic (exact) mass is 198 g/mol. The van der Waals surface area contributed by atoms with E-state index in [1.165, 1.54) is 39.0 Å². The van der Waals surface area contributed by atoms with Gasteiger partial charge in [-0.15, -0.1) is 0 Å². The SMILES string of the molecule is CCC1(C)CN(CC(C)C)CCCN1. The smallest absolute Gasteiger partial charge is 0.0277 e. The lowest BCUT2D eigenvalue weighted by Gasteiger charge is -2.33. The predicted molar refractivity (Wildman–Crippen MR) is 62.6 cm³/mol. The van der Waals surface area contributed by atoms with E-state index in [9.17, 15) is 0 Å². The van der Waals surface area contributed by atoms with Crippen molar-refractivity contribution in [2.75, 3.05) is 26.2 Å². The highest BCUT2D eigenvalue weighted by molar-refractivity contribution is 4.88. The maximum Gasteiger partial charge on any atom is 0.0277 e. The molecule has 0 saturated carbocycles. The summed E-state index contributed by atoms with van der Waals surface area (Å²) in [5, 5.41) is 3.67. The minimum atomic E-state index is 0.339. The van der Waals surface area contributed by atoms with Crippen molar-refractivity contribution in [2.45, 2.75) is 46.1 Å². The summed E-state index contributed by atoms with van der Waals surface area (Å²) < 4.78 is 0. The summed E-state index contributed by atoms with van der Waals surface area (Å²) in [6.45, 7) is 14.2. The summed E-state index contributed by atoms with van der Waals surface area (Å²) in [7, 11) is 0. The first-order valence-electron chi connectivity index (χ1n) is 6.03. The maximum atomic E-state index is 3.67. The van der Waals surface area contributed by atoms with Gasteiger partial charge in [0.2, 0.25) is 0 Å². The van der Waals surface area contributed by atoms with E-state index in [2.05, 4.69) is 37.9 Å². The van der Waals surface area contributed by atoms with Gasteiger partial charge in [0.05, 0.1) is 0 Å². The molecule has 0 bridgehead atoms. The van der Waals surface area contributed by atoms with Crippen LogP contribution >= 0.6 is 0 Å². The molecule has 14 heavy (non-hydrogen) atoms. The Morgan fingerprint density at radius 2 is 2.14 bits per heavy atom. The number of hydrogen-bond donors (Lipinski definition) is 1. The summed E-state index contributed by atoms with van der Waals surface area (Å²) >= 11 is 0. The molecule has 1 fully saturated rings. The van der Waals surface area contributed by atoms with Crippen LogP contribution in [0.1, 0.15) is 40.5 Å². The van der Waals surface area contributed by atoms with Gasteiger partial charge in [0.1, 0.15) is 0 Å². The zero-order valence-corrected chi connectivity index (χ0v) is 10.3. The quantitative estimate of drug-likeness (QED) is 0.747. The Morgan fingerprint density at radius 1 is 1.43 bits per heavy atom. The van der Waals surface area contributed by atoms with E-state index in [0.29, 0.717) is 5.54 Å². The second-order valence-electron chi connectivity index (χ2n) is 5.32. The van der Waals surface area contributed by atoms with Crippen LogP contribution in [0.15, 0.2) is 0 Å². The highest BCUT2D eigenvalue weighted by Gasteiger charge is 2.26. The molecule has 0 aromatic carbocycles. The Hall–Kier alpha value is -0.0800. The molecule has 0 spiro atoms. The minimum Gasteiger partial charge on any atom is -0.310 e. The van der Waals surface area contributed by atoms with Crippen LogP contribution in [0.5, 0.6) is 0 Å². The van der Waals surface area contributed by atoms with Gasteiger partial charge >= 0.3 is 0 Å². The highest BCUT2D eigenvalue weighted by atomic mass is 15.2. The van der Waals surface area contributed by atoms with Crippen molar-refractivity contribution in [2.24, 2.45) is 5.92 Å². The molecule has 84 valence electrons. The maximum absolute atomic E-state index is 3.67. The van der Waals surface area contributed by atoms with Crippen molar-refractivity contribution in [3.05, 3.63) is 0 Å². The lowest BCUT2D eigenvalue weighted by Crippen LogP contribution is -2.49. The van der Waals surface area contributed by atoms with Gasteiger partial charge in [-0.3, -0.25) is 0 Å². The summed E-state index contributed by atoms with van der Waals surface area (Å²) in [6, 6.07) is 0. The Labute approximate surface area is 89.1 Å². The van der Waals surface area contributed by atoms with Gasteiger partial charge in [-0.1, -0.05) is 20.8 Å². The molecule has 1 heterocycles. The van der Waals surface area contributed by atoms with E-state index in [1.807, 2.05) is 0 Å². The Kier molecular flexibility index (Phi) is 4.39. The molecule has 0 aromatic rings. The predicted octanol–water partition coefficient (Wildman–Crippen LogP) is 2.11. The molecule has 1 rings (SSSR count). The fourth-order valence-corrected chi connectivity index (χ4v) is 2.23. The molecule has 0 radical (unpaired) electrons. The molecule has 0 amide bonds. The number of nitrogens with zero attached hydrogens (tertiary/aromatic N) is 1. The zero-order chi connectivity index (χ0) is 10.6. The molecule has 1 N–H and O–H groups in total. The van der Waals surface area contributed by atoms with Gasteiger partial charge in [0.15, 0.2) is 0 Å². The van der Waals surface area contributed by atoms with Gasteiger partial charge < -0.3 is 10.2 Å². The first kappa shape index (κ1) is 12.0. The van der Waals surface area contributed by atoms with Crippen LogP contribution in [0.25, 0.3) is 0 Å². The van der Waals surface area contributed by atoms with Crippen molar-refractivity contribution in [1.82, 2.24) is 10.2 Å². The van der Waals surface area contributed by atoms with E-state index in [1.54, 1.807) is 0 Å². The van der Waals surface area contributed by atoms with Crippen LogP contribution in [-0.2, 0) is 0 Å². The second-order valence-corrected chi connectivity index (χ2v) is 5.32. The second kappa shape index (κ2) is 5.13. The molecule has 1 aliphatic heterocycles. The molecule has 1 atom stereocenters. The first-order chi connectivity index (χ1) is 6.56. The van der Waals surface area contributed by atoms with Crippen LogP contribution in [0.4, 0.5) is 0 Å². The first-order valence-corrected chi connectivity index (χ1v) is 6.03. The van der Waals surface area contributed by atoms with E-state index in [4.69, 9.17) is 0 Å². The summed E-state index contributed by atoms with van der Waals surface area (Å²) in [6.07, 6.45) is 2.52. The third kappa shape index (κ3) is 3.58. The molecule has 0 aliphatic carbocycles. The zero-order valence-electron chi connectivity index (χ0n) is 10.3. The minimum absolute atomic E-state index is 0.339. The molecule has 0 aromatic heterocycles. The van der Waals surface area contributed by atoms with Gasteiger partial charge in [-0.05, 0) is 38.8 Å². The van der Waals surface area contributed by atoms with Crippen LogP contribution in [0.2, 0.25) is 0 Å². The van der Waals surface area contributed by atoms with E-state index in [-0.39, 0.29) is 0 Å². The van der Waals surface area contributed by atoms with Crippen molar-refractivity contribution in [3.8, 4) is 0 Å². The normalized spacial score (nSPS) is 30.6. The lowest BCUT2D eigenvalue weighted by molar-refractivity contribution is 0.197. The summed E-state index contributed by atoms with van der Waals surface area (Å²) in [5.74, 6) is 0.786. The van der Waals surface area contributed by atoms with Gasteiger partial charge in [-0.25, -0.2) is 0 Å². The topological polar surface area (TPSA) is 15.3 Å². The van der Waals surface area contributed by atoms with Crippen molar-refractivity contribution in [1.29, 1.82) is 0 Å². The third-order valence-corrected chi connectivity index (χ3v) is 3.18. The number of rotatable bonds is 3. The average Bonchev–Trinajstić information content (AvgIpc) is 2.27. The molecule has 1 saturated heterocycles. The van der Waals surface area contributed by atoms with E-state index < -0.39 is 0 Å². The standard InChI is InChI=1S/C12H26N2/c1-5-12(4)10-14(9-11(2)3)8-6-7-13-12/h11,13H,5-10H2,1-4H3. The summed E-state index contributed by atoms with van der Waals surface area (Å²) in [4.78, 5) is 2.62. The van der Waals surface area contributed by atoms with Crippen LogP contribution in [-0.4, -0.2) is 36.6 Å². The Morgan fingerprint density at radius 3 is 2.71 bits per heavy atom. The van der Waals surface area contributed by atoms with Gasteiger partial charge in [0, 0.05) is 18.6 Å². The largest absolute Gasteiger partial charge is 0.310 e. The fraction of sp³-hybridized carbons (Fsp3) is 1.00. The van der Waals surface area contributed by atoms with Crippen molar-refractivity contribution in [3.63, 3.8) is 0 Å². The molecule has 1 unspecified atom stereocenters. The molecular weight excluding hydrogens is 172 g/mol. The fourth-order valence-electron chi connectivity index (χ4n) is 2.23. The van der Waals surface area contributed by atoms with E-state index in [0.717, 1.165) is 5.92 Å². The molecule has 2 nitrogen and oxygen atoms in total. The van der Waals surface area contributed by atoms with Gasteiger partial charge in [-0.2, -0.15) is 0 Å². The third-order valence-electron chi connectivity index (χ3n) is 3.18. The lowest BCUT2D eigenvalue weighted by atomic mass is 9.98. The van der Waals surface area contributed by atoms with Gasteiger partial charge in [0.25, 0.3) is 0 Å². The number of nitrogens with one attached hydrogen (secondary N) is 1. The molecular formula is C12H26N2. The highest BCUT2D eigenvalue weighted by Crippen LogP contribution is 2.15. The van der Waals surface area contributed by atoms with Crippen LogP contribution in [0, 0.1) is 5.92 Å². The molecule has 1 aliphatic rings. The number of hydrogen-bond acceptors (Lipinski definition) is 2. The van der Waals surface area contributed by atoms with Crippen molar-refractivity contribution >= 4 is 0 Å². The van der Waals surface area contributed by atoms with Crippen LogP contribution < -0.4 is 5.32 Å². The van der Waals surface area contributed by atoms with Crippen LogP contribution in [0.3, 0.4) is 0 Å². The summed E-state index contributed by atoms with van der Waals surface area (Å²) in [5.41, 5.74) is 0.339. The molecule has 2 heteroatoms. The van der Waals surface area contributed by atoms with Crippen molar-refractivity contribution < 1.29 is 0 Å².